The zero-order valence-electron chi connectivity index (χ0n) is 15.5. The molecule has 0 aliphatic heterocycles. The van der Waals surface area contributed by atoms with Crippen LogP contribution in [0.5, 0.6) is 0 Å². The van der Waals surface area contributed by atoms with Crippen LogP contribution in [0.15, 0.2) is 47.8 Å². The van der Waals surface area contributed by atoms with Crippen LogP contribution in [0.25, 0.3) is 0 Å². The lowest BCUT2D eigenvalue weighted by Gasteiger charge is -2.12. The summed E-state index contributed by atoms with van der Waals surface area (Å²) in [5.74, 6) is -1.04. The molecule has 0 radical (unpaired) electrons. The van der Waals surface area contributed by atoms with Gasteiger partial charge in [0.05, 0.1) is 18.3 Å². The fourth-order valence-electron chi connectivity index (χ4n) is 2.74. The van der Waals surface area contributed by atoms with Gasteiger partial charge in [0.2, 0.25) is 0 Å². The first-order valence-corrected chi connectivity index (χ1v) is 9.98. The van der Waals surface area contributed by atoms with E-state index in [1.165, 1.54) is 0 Å². The zero-order chi connectivity index (χ0) is 20.1. The Kier molecular flexibility index (Phi) is 6.49. The number of carbonyl (C=O) groups is 2. The Morgan fingerprint density at radius 3 is 2.68 bits per heavy atom. The lowest BCUT2D eigenvalue weighted by molar-refractivity contribution is -0.124. The van der Waals surface area contributed by atoms with Crippen molar-refractivity contribution in [3.8, 4) is 0 Å². The van der Waals surface area contributed by atoms with Crippen LogP contribution < -0.4 is 5.32 Å². The van der Waals surface area contributed by atoms with Crippen molar-refractivity contribution in [2.45, 2.75) is 26.4 Å². The minimum atomic E-state index is -0.666. The Morgan fingerprint density at radius 1 is 1.25 bits per heavy atom. The lowest BCUT2D eigenvalue weighted by atomic mass is 10.2. The molecule has 0 saturated carbocycles. The summed E-state index contributed by atoms with van der Waals surface area (Å²) in [6.07, 6.45) is 0. The Labute approximate surface area is 172 Å². The normalized spacial score (nSPS) is 11.8. The van der Waals surface area contributed by atoms with Crippen molar-refractivity contribution in [1.82, 2.24) is 15.1 Å². The average Bonchev–Trinajstić information content (AvgIpc) is 3.30. The Morgan fingerprint density at radius 2 is 2.00 bits per heavy atom. The second-order valence-corrected chi connectivity index (χ2v) is 7.61. The van der Waals surface area contributed by atoms with Crippen LogP contribution in [0, 0.1) is 6.92 Å². The van der Waals surface area contributed by atoms with Gasteiger partial charge in [-0.05, 0) is 30.9 Å². The van der Waals surface area contributed by atoms with Gasteiger partial charge in [-0.1, -0.05) is 48.0 Å². The van der Waals surface area contributed by atoms with Crippen molar-refractivity contribution in [2.75, 3.05) is 6.61 Å². The molecule has 8 heteroatoms. The number of rotatable bonds is 7. The molecule has 1 amide bonds. The number of amides is 1. The van der Waals surface area contributed by atoms with Crippen molar-refractivity contribution >= 4 is 34.8 Å². The van der Waals surface area contributed by atoms with Gasteiger partial charge in [0.25, 0.3) is 5.91 Å². The molecule has 1 N–H and O–H groups in total. The van der Waals surface area contributed by atoms with Crippen molar-refractivity contribution < 1.29 is 14.3 Å². The molecule has 28 heavy (non-hydrogen) atoms. The van der Waals surface area contributed by atoms with E-state index in [1.54, 1.807) is 22.9 Å². The molecule has 0 aliphatic rings. The highest BCUT2D eigenvalue weighted by Crippen LogP contribution is 2.22. The van der Waals surface area contributed by atoms with E-state index < -0.39 is 5.97 Å². The third-order valence-electron chi connectivity index (χ3n) is 4.13. The minimum absolute atomic E-state index is 0.148. The molecule has 0 aliphatic carbocycles. The third-order valence-corrected chi connectivity index (χ3v) is 5.57. The number of carbonyl (C=O) groups excluding carboxylic acids is 2. The Balaban J connectivity index is 1.60. The van der Waals surface area contributed by atoms with Crippen LogP contribution in [-0.4, -0.2) is 28.3 Å². The third kappa shape index (κ3) is 4.79. The molecule has 0 fully saturated rings. The Bertz CT molecular complexity index is 955. The molecule has 1 atom stereocenters. The summed E-state index contributed by atoms with van der Waals surface area (Å²) >= 11 is 7.89. The average molecular weight is 418 g/mol. The van der Waals surface area contributed by atoms with Gasteiger partial charge >= 0.3 is 5.97 Å². The molecule has 0 bridgehead atoms. The van der Waals surface area contributed by atoms with Crippen LogP contribution >= 0.6 is 22.9 Å². The zero-order valence-corrected chi connectivity index (χ0v) is 17.1. The molecule has 2 aromatic heterocycles. The lowest BCUT2D eigenvalue weighted by Crippen LogP contribution is -2.30. The number of esters is 1. The van der Waals surface area contributed by atoms with Gasteiger partial charge in [0.1, 0.15) is 10.7 Å². The summed E-state index contributed by atoms with van der Waals surface area (Å²) in [7, 11) is 0. The monoisotopic (exact) mass is 417 g/mol. The molecule has 146 valence electrons. The fraction of sp³-hybridized carbons (Fsp3) is 0.250. The summed E-state index contributed by atoms with van der Waals surface area (Å²) in [5, 5.41) is 9.25. The van der Waals surface area contributed by atoms with Crippen molar-refractivity contribution in [3.63, 3.8) is 0 Å². The molecule has 6 nitrogen and oxygen atoms in total. The molecule has 3 rings (SSSR count). The molecular formula is C20H20ClN3O3S. The summed E-state index contributed by atoms with van der Waals surface area (Å²) in [5.41, 5.74) is 1.64. The predicted octanol–water partition coefficient (Wildman–Crippen LogP) is 3.99. The van der Waals surface area contributed by atoms with Gasteiger partial charge in [0, 0.05) is 4.88 Å². The number of halogens is 1. The van der Waals surface area contributed by atoms with Crippen molar-refractivity contribution in [3.05, 3.63) is 74.7 Å². The van der Waals surface area contributed by atoms with E-state index in [-0.39, 0.29) is 29.3 Å². The molecule has 0 saturated heterocycles. The van der Waals surface area contributed by atoms with E-state index in [0.29, 0.717) is 12.2 Å². The Hall–Kier alpha value is -2.64. The number of hydrogen-bond acceptors (Lipinski definition) is 5. The number of nitrogens with one attached hydrogen (secondary N) is 1. The van der Waals surface area contributed by atoms with Crippen molar-refractivity contribution in [2.24, 2.45) is 0 Å². The van der Waals surface area contributed by atoms with Gasteiger partial charge in [-0.3, -0.25) is 4.79 Å². The summed E-state index contributed by atoms with van der Waals surface area (Å²) in [6.45, 7) is 3.61. The van der Waals surface area contributed by atoms with E-state index in [2.05, 4.69) is 10.4 Å². The van der Waals surface area contributed by atoms with E-state index in [4.69, 9.17) is 16.3 Å². The van der Waals surface area contributed by atoms with E-state index >= 15 is 0 Å². The number of aromatic nitrogens is 2. The quantitative estimate of drug-likeness (QED) is 0.590. The standard InChI is InChI=1S/C20H20ClN3O3S/c1-13(16-9-6-10-28-16)22-17(25)12-27-20(26)18-14(2)23-24(19(18)21)11-15-7-4-3-5-8-15/h3-10,13H,11-12H2,1-2H3,(H,22,25)/t13-/m0/s1. The number of ether oxygens (including phenoxy) is 1. The van der Waals surface area contributed by atoms with Gasteiger partial charge < -0.3 is 10.1 Å². The first-order chi connectivity index (χ1) is 13.5. The summed E-state index contributed by atoms with van der Waals surface area (Å²) in [6, 6.07) is 13.4. The highest BCUT2D eigenvalue weighted by atomic mass is 35.5. The topological polar surface area (TPSA) is 73.2 Å². The van der Waals surface area contributed by atoms with Crippen LogP contribution in [0.4, 0.5) is 0 Å². The number of nitrogens with zero attached hydrogens (tertiary/aromatic N) is 2. The molecule has 0 spiro atoms. The molecular weight excluding hydrogens is 398 g/mol. The van der Waals surface area contributed by atoms with Gasteiger partial charge in [-0.2, -0.15) is 5.10 Å². The molecule has 1 aromatic carbocycles. The van der Waals surface area contributed by atoms with E-state index in [9.17, 15) is 9.59 Å². The first-order valence-electron chi connectivity index (χ1n) is 8.72. The van der Waals surface area contributed by atoms with Gasteiger partial charge in [-0.25, -0.2) is 9.48 Å². The second kappa shape index (κ2) is 9.03. The minimum Gasteiger partial charge on any atom is -0.452 e. The first kappa shape index (κ1) is 20.1. The number of hydrogen-bond donors (Lipinski definition) is 1. The van der Waals surface area contributed by atoms with E-state index in [1.807, 2.05) is 54.8 Å². The molecule has 3 aromatic rings. The van der Waals surface area contributed by atoms with Crippen LogP contribution in [0.3, 0.4) is 0 Å². The largest absolute Gasteiger partial charge is 0.452 e. The maximum absolute atomic E-state index is 12.4. The van der Waals surface area contributed by atoms with Gasteiger partial charge in [-0.15, -0.1) is 11.3 Å². The fourth-order valence-corrected chi connectivity index (χ4v) is 3.79. The smallest absolute Gasteiger partial charge is 0.343 e. The predicted molar refractivity (Wildman–Crippen MR) is 109 cm³/mol. The second-order valence-electron chi connectivity index (χ2n) is 6.28. The number of aryl methyl sites for hydroxylation is 1. The number of thiophene rings is 1. The van der Waals surface area contributed by atoms with Crippen LogP contribution in [0.2, 0.25) is 5.15 Å². The maximum Gasteiger partial charge on any atom is 0.343 e. The highest BCUT2D eigenvalue weighted by molar-refractivity contribution is 7.10. The molecule has 0 unspecified atom stereocenters. The summed E-state index contributed by atoms with van der Waals surface area (Å²) in [4.78, 5) is 25.5. The van der Waals surface area contributed by atoms with Crippen LogP contribution in [0.1, 0.15) is 39.5 Å². The molecule has 2 heterocycles. The maximum atomic E-state index is 12.4. The van der Waals surface area contributed by atoms with Crippen molar-refractivity contribution in [1.29, 1.82) is 0 Å². The van der Waals surface area contributed by atoms with Crippen LogP contribution in [-0.2, 0) is 16.1 Å². The SMILES string of the molecule is Cc1nn(Cc2ccccc2)c(Cl)c1C(=O)OCC(=O)N[C@@H](C)c1cccs1. The highest BCUT2D eigenvalue weighted by Gasteiger charge is 2.23. The number of benzene rings is 1. The van der Waals surface area contributed by atoms with E-state index in [0.717, 1.165) is 10.4 Å². The summed E-state index contributed by atoms with van der Waals surface area (Å²) < 4.78 is 6.69. The van der Waals surface area contributed by atoms with Gasteiger partial charge in [0.15, 0.2) is 6.61 Å².